The number of nitriles is 1. The first-order valence-corrected chi connectivity index (χ1v) is 7.29. The van der Waals surface area contributed by atoms with E-state index in [9.17, 15) is 0 Å². The molecule has 2 aromatic heterocycles. The van der Waals surface area contributed by atoms with Crippen LogP contribution in [0.2, 0.25) is 0 Å². The van der Waals surface area contributed by atoms with Crippen molar-refractivity contribution < 1.29 is 0 Å². The van der Waals surface area contributed by atoms with Crippen molar-refractivity contribution in [2.45, 2.75) is 12.8 Å². The molecule has 0 saturated carbocycles. The molecular weight excluding hydrogens is 276 g/mol. The van der Waals surface area contributed by atoms with Crippen LogP contribution in [0.15, 0.2) is 36.7 Å². The highest BCUT2D eigenvalue weighted by atomic mass is 15.0. The Kier molecular flexibility index (Phi) is 6.15. The Morgan fingerprint density at radius 3 is 2.77 bits per heavy atom. The molecule has 0 aliphatic heterocycles. The maximum absolute atomic E-state index is 8.70. The smallest absolute Gasteiger partial charge is 0.146 e. The highest BCUT2D eigenvalue weighted by molar-refractivity contribution is 5.60. The molecule has 0 unspecified atom stereocenters. The van der Waals surface area contributed by atoms with Gasteiger partial charge in [0.2, 0.25) is 0 Å². The second kappa shape index (κ2) is 8.60. The largest absolute Gasteiger partial charge is 0.382 e. The predicted octanol–water partition coefficient (Wildman–Crippen LogP) is 1.56. The Morgan fingerprint density at radius 2 is 2.05 bits per heavy atom. The standard InChI is InChI=1S/C16H20N6/c17-11-13-4-5-14(22-12-13)6-10-19-7-2-9-20-15-3-1-8-21-16(15)18/h1,3-5,8,12,19-20H,2,6-7,9-10H2,(H2,18,21). The fourth-order valence-electron chi connectivity index (χ4n) is 1.98. The molecule has 0 saturated heterocycles. The normalized spacial score (nSPS) is 10.1. The van der Waals surface area contributed by atoms with Crippen LogP contribution in [0.5, 0.6) is 0 Å². The van der Waals surface area contributed by atoms with Gasteiger partial charge in [0.25, 0.3) is 0 Å². The van der Waals surface area contributed by atoms with E-state index in [0.29, 0.717) is 11.4 Å². The lowest BCUT2D eigenvalue weighted by molar-refractivity contribution is 0.655. The fourth-order valence-corrected chi connectivity index (χ4v) is 1.98. The monoisotopic (exact) mass is 296 g/mol. The Labute approximate surface area is 130 Å². The highest BCUT2D eigenvalue weighted by Gasteiger charge is 1.98. The molecule has 0 fully saturated rings. The van der Waals surface area contributed by atoms with Gasteiger partial charge < -0.3 is 16.4 Å². The van der Waals surface area contributed by atoms with E-state index in [2.05, 4.69) is 26.7 Å². The van der Waals surface area contributed by atoms with Gasteiger partial charge in [0.15, 0.2) is 0 Å². The van der Waals surface area contributed by atoms with Gasteiger partial charge in [-0.2, -0.15) is 5.26 Å². The lowest BCUT2D eigenvalue weighted by atomic mass is 10.2. The Morgan fingerprint density at radius 1 is 1.14 bits per heavy atom. The van der Waals surface area contributed by atoms with Gasteiger partial charge in [-0.15, -0.1) is 0 Å². The van der Waals surface area contributed by atoms with Crippen LogP contribution in [0, 0.1) is 11.3 Å². The Hall–Kier alpha value is -2.65. The molecule has 0 amide bonds. The lowest BCUT2D eigenvalue weighted by Gasteiger charge is -2.08. The van der Waals surface area contributed by atoms with Gasteiger partial charge in [-0.1, -0.05) is 0 Å². The summed E-state index contributed by atoms with van der Waals surface area (Å²) in [6.45, 7) is 2.63. The number of nitrogens with one attached hydrogen (secondary N) is 2. The topological polar surface area (TPSA) is 99.7 Å². The summed E-state index contributed by atoms with van der Waals surface area (Å²) >= 11 is 0. The number of hydrogen-bond donors (Lipinski definition) is 3. The highest BCUT2D eigenvalue weighted by Crippen LogP contribution is 2.12. The van der Waals surface area contributed by atoms with E-state index in [1.807, 2.05) is 18.2 Å². The second-order valence-corrected chi connectivity index (χ2v) is 4.87. The molecule has 0 aliphatic carbocycles. The van der Waals surface area contributed by atoms with Crippen molar-refractivity contribution in [1.29, 1.82) is 5.26 Å². The van der Waals surface area contributed by atoms with Crippen molar-refractivity contribution in [3.63, 3.8) is 0 Å². The molecule has 4 N–H and O–H groups in total. The van der Waals surface area contributed by atoms with E-state index in [0.717, 1.165) is 43.9 Å². The molecule has 0 spiro atoms. The first-order chi connectivity index (χ1) is 10.8. The minimum atomic E-state index is 0.530. The molecule has 22 heavy (non-hydrogen) atoms. The molecule has 114 valence electrons. The van der Waals surface area contributed by atoms with Gasteiger partial charge in [0, 0.05) is 37.6 Å². The van der Waals surface area contributed by atoms with Crippen LogP contribution in [0.3, 0.4) is 0 Å². The van der Waals surface area contributed by atoms with E-state index >= 15 is 0 Å². The van der Waals surface area contributed by atoms with Gasteiger partial charge in [-0.3, -0.25) is 4.98 Å². The molecule has 0 aromatic carbocycles. The quantitative estimate of drug-likeness (QED) is 0.639. The summed E-state index contributed by atoms with van der Waals surface area (Å²) < 4.78 is 0. The van der Waals surface area contributed by atoms with Crippen molar-refractivity contribution in [3.8, 4) is 6.07 Å². The third-order valence-electron chi connectivity index (χ3n) is 3.20. The van der Waals surface area contributed by atoms with Gasteiger partial charge in [-0.25, -0.2) is 4.98 Å². The number of nitrogens with two attached hydrogens (primary N) is 1. The third kappa shape index (κ3) is 5.04. The van der Waals surface area contributed by atoms with E-state index in [-0.39, 0.29) is 0 Å². The van der Waals surface area contributed by atoms with Crippen molar-refractivity contribution in [3.05, 3.63) is 47.9 Å². The Balaban J connectivity index is 1.56. The first kappa shape index (κ1) is 15.7. The maximum Gasteiger partial charge on any atom is 0.146 e. The minimum Gasteiger partial charge on any atom is -0.382 e. The molecule has 0 radical (unpaired) electrons. The molecule has 6 nitrogen and oxygen atoms in total. The first-order valence-electron chi connectivity index (χ1n) is 7.29. The summed E-state index contributed by atoms with van der Waals surface area (Å²) in [7, 11) is 0. The molecule has 0 aliphatic rings. The summed E-state index contributed by atoms with van der Waals surface area (Å²) in [4.78, 5) is 8.26. The number of aromatic nitrogens is 2. The maximum atomic E-state index is 8.70. The van der Waals surface area contributed by atoms with Gasteiger partial charge >= 0.3 is 0 Å². The van der Waals surface area contributed by atoms with Crippen LogP contribution in [0.25, 0.3) is 0 Å². The van der Waals surface area contributed by atoms with Crippen molar-refractivity contribution in [2.75, 3.05) is 30.7 Å². The van der Waals surface area contributed by atoms with Gasteiger partial charge in [0.1, 0.15) is 11.9 Å². The fraction of sp³-hybridized carbons (Fsp3) is 0.312. The molecular formula is C16H20N6. The van der Waals surface area contributed by atoms with Crippen LogP contribution in [0.4, 0.5) is 11.5 Å². The van der Waals surface area contributed by atoms with Crippen LogP contribution in [-0.2, 0) is 6.42 Å². The minimum absolute atomic E-state index is 0.530. The zero-order valence-corrected chi connectivity index (χ0v) is 12.4. The summed E-state index contributed by atoms with van der Waals surface area (Å²) in [6.07, 6.45) is 5.14. The summed E-state index contributed by atoms with van der Waals surface area (Å²) in [5, 5.41) is 15.3. The lowest BCUT2D eigenvalue weighted by Crippen LogP contribution is -2.21. The average molecular weight is 296 g/mol. The average Bonchev–Trinajstić information content (AvgIpc) is 2.56. The summed E-state index contributed by atoms with van der Waals surface area (Å²) in [5.74, 6) is 0.530. The molecule has 6 heteroatoms. The number of rotatable bonds is 8. The van der Waals surface area contributed by atoms with Crippen molar-refractivity contribution in [2.24, 2.45) is 0 Å². The Bertz CT molecular complexity index is 617. The zero-order chi connectivity index (χ0) is 15.6. The number of hydrogen-bond acceptors (Lipinski definition) is 6. The summed E-state index contributed by atoms with van der Waals surface area (Å²) in [5.41, 5.74) is 8.22. The number of anilines is 2. The van der Waals surface area contributed by atoms with E-state index < -0.39 is 0 Å². The van der Waals surface area contributed by atoms with Crippen LogP contribution < -0.4 is 16.4 Å². The molecule has 0 bridgehead atoms. The summed E-state index contributed by atoms with van der Waals surface area (Å²) in [6, 6.07) is 9.54. The van der Waals surface area contributed by atoms with E-state index in [1.54, 1.807) is 18.5 Å². The molecule has 2 aromatic rings. The van der Waals surface area contributed by atoms with Crippen molar-refractivity contribution in [1.82, 2.24) is 15.3 Å². The van der Waals surface area contributed by atoms with Gasteiger partial charge in [-0.05, 0) is 37.2 Å². The predicted molar refractivity (Wildman–Crippen MR) is 87.3 cm³/mol. The SMILES string of the molecule is N#Cc1ccc(CCNCCCNc2cccnc2N)nc1. The van der Waals surface area contributed by atoms with Crippen LogP contribution >= 0.6 is 0 Å². The van der Waals surface area contributed by atoms with E-state index in [4.69, 9.17) is 11.0 Å². The number of pyridine rings is 2. The van der Waals surface area contributed by atoms with Crippen LogP contribution in [0.1, 0.15) is 17.7 Å². The molecule has 2 rings (SSSR count). The number of nitrogens with zero attached hydrogens (tertiary/aromatic N) is 3. The van der Waals surface area contributed by atoms with E-state index in [1.165, 1.54) is 0 Å². The molecule has 0 atom stereocenters. The van der Waals surface area contributed by atoms with Crippen molar-refractivity contribution >= 4 is 11.5 Å². The number of nitrogen functional groups attached to an aromatic ring is 1. The second-order valence-electron chi connectivity index (χ2n) is 4.87. The molecule has 2 heterocycles. The van der Waals surface area contributed by atoms with Gasteiger partial charge in [0.05, 0.1) is 11.3 Å². The van der Waals surface area contributed by atoms with Crippen LogP contribution in [-0.4, -0.2) is 29.6 Å². The zero-order valence-electron chi connectivity index (χ0n) is 12.4. The third-order valence-corrected chi connectivity index (χ3v) is 3.20.